The van der Waals surface area contributed by atoms with Gasteiger partial charge >= 0.3 is 0 Å². The zero-order valence-electron chi connectivity index (χ0n) is 8.62. The van der Waals surface area contributed by atoms with Crippen LogP contribution in [-0.4, -0.2) is 17.3 Å². The number of nitrogens with two attached hydrogens (primary N) is 1. The monoisotopic (exact) mass is 253 g/mol. The van der Waals surface area contributed by atoms with E-state index in [2.05, 4.69) is 22.8 Å². The molecule has 1 aromatic carbocycles. The molecule has 2 rings (SSSR count). The number of anilines is 1. The third-order valence-electron chi connectivity index (χ3n) is 2.12. The predicted octanol–water partition coefficient (Wildman–Crippen LogP) is 2.15. The van der Waals surface area contributed by atoms with E-state index in [0.29, 0.717) is 5.13 Å². The Kier molecular flexibility index (Phi) is 3.31. The molecule has 6 heteroatoms. The first kappa shape index (κ1) is 11.2. The Hall–Kier alpha value is -1.27. The molecule has 16 heavy (non-hydrogen) atoms. The van der Waals surface area contributed by atoms with Crippen molar-refractivity contribution in [3.8, 4) is 5.75 Å². The van der Waals surface area contributed by atoms with Gasteiger partial charge in [0.1, 0.15) is 10.8 Å². The molecule has 1 aromatic heterocycles. The highest BCUT2D eigenvalue weighted by molar-refractivity contribution is 7.81. The van der Waals surface area contributed by atoms with Crippen LogP contribution < -0.4 is 10.5 Å². The molecule has 1 heterocycles. The third kappa shape index (κ3) is 2.28. The second-order valence-electron chi connectivity index (χ2n) is 3.15. The van der Waals surface area contributed by atoms with Gasteiger partial charge in [0.2, 0.25) is 5.13 Å². The number of aromatic nitrogens is 2. The van der Waals surface area contributed by atoms with Crippen LogP contribution in [0.4, 0.5) is 5.13 Å². The molecule has 4 nitrogen and oxygen atoms in total. The molecule has 2 aromatic rings. The molecule has 1 unspecified atom stereocenters. The molecule has 0 spiro atoms. The maximum absolute atomic E-state index is 5.53. The van der Waals surface area contributed by atoms with Gasteiger partial charge in [0.15, 0.2) is 0 Å². The fraction of sp³-hybridized carbons (Fsp3) is 0.200. The summed E-state index contributed by atoms with van der Waals surface area (Å²) >= 11 is 5.85. The second-order valence-corrected chi connectivity index (χ2v) is 4.71. The summed E-state index contributed by atoms with van der Waals surface area (Å²) < 4.78 is 5.09. The molecule has 0 saturated heterocycles. The van der Waals surface area contributed by atoms with Crippen molar-refractivity contribution in [2.75, 3.05) is 12.8 Å². The summed E-state index contributed by atoms with van der Waals surface area (Å²) in [4.78, 5) is 0. The summed E-state index contributed by atoms with van der Waals surface area (Å²) in [6.07, 6.45) is 0. The van der Waals surface area contributed by atoms with E-state index in [0.717, 1.165) is 16.3 Å². The number of hydrogen-bond acceptors (Lipinski definition) is 6. The van der Waals surface area contributed by atoms with Crippen LogP contribution in [0.1, 0.15) is 15.8 Å². The summed E-state index contributed by atoms with van der Waals surface area (Å²) in [5, 5.41) is 8.90. The topological polar surface area (TPSA) is 61.0 Å². The minimum atomic E-state index is -0.0966. The van der Waals surface area contributed by atoms with Crippen LogP contribution in [0.15, 0.2) is 24.3 Å². The number of benzene rings is 1. The molecule has 1 atom stereocenters. The molecular weight excluding hydrogens is 242 g/mol. The fourth-order valence-electron chi connectivity index (χ4n) is 1.29. The molecule has 84 valence electrons. The van der Waals surface area contributed by atoms with Crippen LogP contribution in [-0.2, 0) is 0 Å². The number of hydrogen-bond donors (Lipinski definition) is 2. The van der Waals surface area contributed by atoms with Crippen molar-refractivity contribution >= 4 is 29.1 Å². The normalized spacial score (nSPS) is 12.4. The Balaban J connectivity index is 2.23. The molecule has 0 aliphatic carbocycles. The van der Waals surface area contributed by atoms with Gasteiger partial charge in [-0.05, 0) is 17.7 Å². The Morgan fingerprint density at radius 1 is 1.31 bits per heavy atom. The number of thiol groups is 1. The molecular formula is C10H11N3OS2. The third-order valence-corrected chi connectivity index (χ3v) is 3.66. The average Bonchev–Trinajstić information content (AvgIpc) is 2.75. The molecule has 0 amide bonds. The van der Waals surface area contributed by atoms with Crippen LogP contribution >= 0.6 is 24.0 Å². The average molecular weight is 253 g/mol. The SMILES string of the molecule is COc1ccc(C(S)c2nnc(N)s2)cc1. The summed E-state index contributed by atoms with van der Waals surface area (Å²) in [6, 6.07) is 7.69. The maximum Gasteiger partial charge on any atom is 0.203 e. The summed E-state index contributed by atoms with van der Waals surface area (Å²) in [5.41, 5.74) is 6.57. The Morgan fingerprint density at radius 2 is 2.00 bits per heavy atom. The molecule has 0 saturated carbocycles. The highest BCUT2D eigenvalue weighted by Crippen LogP contribution is 2.31. The lowest BCUT2D eigenvalue weighted by Crippen LogP contribution is -1.93. The zero-order chi connectivity index (χ0) is 11.5. The van der Waals surface area contributed by atoms with Crippen molar-refractivity contribution in [1.82, 2.24) is 10.2 Å². The van der Waals surface area contributed by atoms with Gasteiger partial charge in [0.05, 0.1) is 12.4 Å². The van der Waals surface area contributed by atoms with E-state index in [4.69, 9.17) is 10.5 Å². The van der Waals surface area contributed by atoms with Gasteiger partial charge in [0.25, 0.3) is 0 Å². The van der Waals surface area contributed by atoms with E-state index in [9.17, 15) is 0 Å². The Morgan fingerprint density at radius 3 is 2.50 bits per heavy atom. The first-order valence-electron chi connectivity index (χ1n) is 4.61. The minimum Gasteiger partial charge on any atom is -0.497 e. The predicted molar refractivity (Wildman–Crippen MR) is 68.1 cm³/mol. The van der Waals surface area contributed by atoms with Crippen molar-refractivity contribution in [1.29, 1.82) is 0 Å². The van der Waals surface area contributed by atoms with E-state index >= 15 is 0 Å². The van der Waals surface area contributed by atoms with Gasteiger partial charge in [-0.15, -0.1) is 10.2 Å². The van der Waals surface area contributed by atoms with Gasteiger partial charge < -0.3 is 10.5 Å². The molecule has 0 fully saturated rings. The molecule has 0 aliphatic heterocycles. The van der Waals surface area contributed by atoms with E-state index < -0.39 is 0 Å². The smallest absolute Gasteiger partial charge is 0.203 e. The number of ether oxygens (including phenoxy) is 1. The van der Waals surface area contributed by atoms with Crippen LogP contribution in [0, 0.1) is 0 Å². The van der Waals surface area contributed by atoms with Crippen molar-refractivity contribution in [2.45, 2.75) is 5.25 Å². The van der Waals surface area contributed by atoms with Gasteiger partial charge in [-0.25, -0.2) is 0 Å². The maximum atomic E-state index is 5.53. The van der Waals surface area contributed by atoms with Crippen LogP contribution in [0.5, 0.6) is 5.75 Å². The quantitative estimate of drug-likeness (QED) is 0.823. The minimum absolute atomic E-state index is 0.0966. The standard InChI is InChI=1S/C10H11N3OS2/c1-14-7-4-2-6(3-5-7)8(15)9-12-13-10(11)16-9/h2-5,8,15H,1H3,(H2,11,13). The van der Waals surface area contributed by atoms with Gasteiger partial charge in [0, 0.05) is 0 Å². The largest absolute Gasteiger partial charge is 0.497 e. The summed E-state index contributed by atoms with van der Waals surface area (Å²) in [5.74, 6) is 0.820. The van der Waals surface area contributed by atoms with E-state index in [1.165, 1.54) is 11.3 Å². The number of methoxy groups -OCH3 is 1. The Bertz CT molecular complexity index is 469. The van der Waals surface area contributed by atoms with E-state index in [1.54, 1.807) is 7.11 Å². The highest BCUT2D eigenvalue weighted by atomic mass is 32.1. The zero-order valence-corrected chi connectivity index (χ0v) is 10.3. The summed E-state index contributed by atoms with van der Waals surface area (Å²) in [7, 11) is 1.64. The van der Waals surface area contributed by atoms with Gasteiger partial charge in [-0.3, -0.25) is 0 Å². The molecule has 0 aliphatic rings. The summed E-state index contributed by atoms with van der Waals surface area (Å²) in [6.45, 7) is 0. The molecule has 0 radical (unpaired) electrons. The van der Waals surface area contributed by atoms with Crippen molar-refractivity contribution in [3.05, 3.63) is 34.8 Å². The molecule has 2 N–H and O–H groups in total. The number of nitrogen functional groups attached to an aromatic ring is 1. The fourth-order valence-corrected chi connectivity index (χ4v) is 2.29. The van der Waals surface area contributed by atoms with E-state index in [1.807, 2.05) is 24.3 Å². The van der Waals surface area contributed by atoms with Crippen molar-refractivity contribution < 1.29 is 4.74 Å². The first-order valence-corrected chi connectivity index (χ1v) is 5.95. The highest BCUT2D eigenvalue weighted by Gasteiger charge is 2.14. The lowest BCUT2D eigenvalue weighted by atomic mass is 10.1. The van der Waals surface area contributed by atoms with Gasteiger partial charge in [-0.2, -0.15) is 12.6 Å². The van der Waals surface area contributed by atoms with Crippen LogP contribution in [0.2, 0.25) is 0 Å². The number of rotatable bonds is 3. The van der Waals surface area contributed by atoms with Crippen LogP contribution in [0.3, 0.4) is 0 Å². The van der Waals surface area contributed by atoms with Crippen molar-refractivity contribution in [2.24, 2.45) is 0 Å². The lowest BCUT2D eigenvalue weighted by molar-refractivity contribution is 0.414. The van der Waals surface area contributed by atoms with E-state index in [-0.39, 0.29) is 5.25 Å². The second kappa shape index (κ2) is 4.71. The lowest BCUT2D eigenvalue weighted by Gasteiger charge is -2.07. The molecule has 0 bridgehead atoms. The number of nitrogens with zero attached hydrogens (tertiary/aromatic N) is 2. The Labute approximate surface area is 103 Å². The van der Waals surface area contributed by atoms with Crippen molar-refractivity contribution in [3.63, 3.8) is 0 Å². The van der Waals surface area contributed by atoms with Gasteiger partial charge in [-0.1, -0.05) is 23.5 Å². The van der Waals surface area contributed by atoms with Crippen LogP contribution in [0.25, 0.3) is 0 Å². The first-order chi connectivity index (χ1) is 7.70.